The van der Waals surface area contributed by atoms with Crippen LogP contribution >= 0.6 is 0 Å². The minimum atomic E-state index is -0.976. The Morgan fingerprint density at radius 3 is 2.95 bits per heavy atom. The van der Waals surface area contributed by atoms with E-state index in [1.807, 2.05) is 11.6 Å². The smallest absolute Gasteiger partial charge is 0.335 e. The van der Waals surface area contributed by atoms with Gasteiger partial charge in [-0.15, -0.1) is 10.2 Å². The Balaban J connectivity index is 2.01. The van der Waals surface area contributed by atoms with Crippen molar-refractivity contribution in [3.63, 3.8) is 0 Å². The first-order valence-corrected chi connectivity index (χ1v) is 5.77. The fourth-order valence-corrected chi connectivity index (χ4v) is 1.68. The van der Waals surface area contributed by atoms with Crippen LogP contribution < -0.4 is 11.1 Å². The number of hydrogen-bond donors (Lipinski definition) is 3. The lowest BCUT2D eigenvalue weighted by Gasteiger charge is -2.09. The summed E-state index contributed by atoms with van der Waals surface area (Å²) in [5.74, 6) is -0.128. The Hall–Kier alpha value is -2.57. The molecule has 4 N–H and O–H groups in total. The van der Waals surface area contributed by atoms with Crippen molar-refractivity contribution in [2.24, 2.45) is 7.05 Å². The highest BCUT2D eigenvalue weighted by molar-refractivity contribution is 5.90. The monoisotopic (exact) mass is 261 g/mol. The lowest BCUT2D eigenvalue weighted by Crippen LogP contribution is -2.10. The average molecular weight is 261 g/mol. The van der Waals surface area contributed by atoms with E-state index in [1.165, 1.54) is 12.1 Å². The van der Waals surface area contributed by atoms with E-state index in [9.17, 15) is 4.79 Å². The third-order valence-corrected chi connectivity index (χ3v) is 2.77. The zero-order valence-corrected chi connectivity index (χ0v) is 10.5. The minimum absolute atomic E-state index is 0.204. The number of hydrogen-bond acceptors (Lipinski definition) is 5. The molecule has 0 aliphatic rings. The largest absolute Gasteiger partial charge is 0.478 e. The lowest BCUT2D eigenvalue weighted by atomic mass is 10.1. The summed E-state index contributed by atoms with van der Waals surface area (Å²) in [6.07, 6.45) is 2.31. The molecule has 19 heavy (non-hydrogen) atoms. The molecule has 0 radical (unpaired) electrons. The maximum atomic E-state index is 10.9. The second kappa shape index (κ2) is 5.38. The highest BCUT2D eigenvalue weighted by Crippen LogP contribution is 2.19. The van der Waals surface area contributed by atoms with E-state index in [2.05, 4.69) is 15.5 Å². The van der Waals surface area contributed by atoms with E-state index >= 15 is 0 Å². The maximum Gasteiger partial charge on any atom is 0.335 e. The normalized spacial score (nSPS) is 10.4. The zero-order chi connectivity index (χ0) is 13.8. The van der Waals surface area contributed by atoms with Crippen molar-refractivity contribution in [2.75, 3.05) is 17.6 Å². The van der Waals surface area contributed by atoms with Crippen molar-refractivity contribution in [1.82, 2.24) is 14.8 Å². The van der Waals surface area contributed by atoms with Crippen LogP contribution in [0.4, 0.5) is 11.4 Å². The molecule has 0 spiro atoms. The average Bonchev–Trinajstić information content (AvgIpc) is 2.77. The standard InChI is InChI=1S/C12H15N5O2/c1-17-7-15-16-11(17)4-5-14-10-6-8(12(18)19)2-3-9(10)13/h2-3,6-7,14H,4-5,13H2,1H3,(H,18,19). The summed E-state index contributed by atoms with van der Waals surface area (Å²) in [5, 5.41) is 19.8. The fourth-order valence-electron chi connectivity index (χ4n) is 1.68. The van der Waals surface area contributed by atoms with Gasteiger partial charge in [0.25, 0.3) is 0 Å². The summed E-state index contributed by atoms with van der Waals surface area (Å²) < 4.78 is 1.83. The maximum absolute atomic E-state index is 10.9. The number of anilines is 2. The quantitative estimate of drug-likeness (QED) is 0.686. The van der Waals surface area contributed by atoms with Gasteiger partial charge in [-0.25, -0.2) is 4.79 Å². The van der Waals surface area contributed by atoms with Crippen molar-refractivity contribution in [2.45, 2.75) is 6.42 Å². The molecular formula is C12H15N5O2. The number of carboxylic acids is 1. The zero-order valence-electron chi connectivity index (χ0n) is 10.5. The Labute approximate surface area is 110 Å². The number of aromatic nitrogens is 3. The summed E-state index contributed by atoms with van der Waals surface area (Å²) in [6, 6.07) is 4.58. The first kappa shape index (κ1) is 12.9. The first-order chi connectivity index (χ1) is 9.08. The number of benzene rings is 1. The van der Waals surface area contributed by atoms with E-state index in [0.717, 1.165) is 5.82 Å². The van der Waals surface area contributed by atoms with Crippen LogP contribution in [0.1, 0.15) is 16.2 Å². The molecule has 0 aliphatic heterocycles. The lowest BCUT2D eigenvalue weighted by molar-refractivity contribution is 0.0697. The molecule has 100 valence electrons. The molecule has 0 aliphatic carbocycles. The second-order valence-electron chi connectivity index (χ2n) is 4.14. The number of nitrogens with two attached hydrogens (primary N) is 1. The second-order valence-corrected chi connectivity index (χ2v) is 4.14. The molecule has 7 heteroatoms. The van der Waals surface area contributed by atoms with Gasteiger partial charge in [0.1, 0.15) is 12.2 Å². The van der Waals surface area contributed by atoms with Crippen molar-refractivity contribution < 1.29 is 9.90 Å². The number of aryl methyl sites for hydroxylation is 1. The van der Waals surface area contributed by atoms with Gasteiger partial charge in [0.05, 0.1) is 16.9 Å². The molecule has 1 aromatic heterocycles. The van der Waals surface area contributed by atoms with Crippen LogP contribution in [0, 0.1) is 0 Å². The van der Waals surface area contributed by atoms with Gasteiger partial charge in [-0.3, -0.25) is 0 Å². The van der Waals surface area contributed by atoms with Gasteiger partial charge in [-0.05, 0) is 18.2 Å². The molecule has 0 unspecified atom stereocenters. The summed E-state index contributed by atoms with van der Waals surface area (Å²) >= 11 is 0. The number of carboxylic acid groups (broad SMARTS) is 1. The number of nitrogens with zero attached hydrogens (tertiary/aromatic N) is 3. The number of carbonyl (C=O) groups is 1. The van der Waals surface area contributed by atoms with E-state index in [4.69, 9.17) is 10.8 Å². The van der Waals surface area contributed by atoms with Gasteiger partial charge in [-0.1, -0.05) is 0 Å². The van der Waals surface area contributed by atoms with Crippen LogP contribution in [-0.2, 0) is 13.5 Å². The number of rotatable bonds is 5. The van der Waals surface area contributed by atoms with Gasteiger partial charge >= 0.3 is 5.97 Å². The Kier molecular flexibility index (Phi) is 3.65. The third kappa shape index (κ3) is 3.01. The molecule has 7 nitrogen and oxygen atoms in total. The first-order valence-electron chi connectivity index (χ1n) is 5.77. The number of nitrogen functional groups attached to an aromatic ring is 1. The van der Waals surface area contributed by atoms with Gasteiger partial charge in [0.15, 0.2) is 0 Å². The molecule has 1 heterocycles. The molecule has 2 aromatic rings. The summed E-state index contributed by atoms with van der Waals surface area (Å²) in [7, 11) is 1.87. The van der Waals surface area contributed by atoms with Crippen LogP contribution in [0.15, 0.2) is 24.5 Å². The van der Waals surface area contributed by atoms with Gasteiger partial charge in [0.2, 0.25) is 0 Å². The molecule has 0 atom stereocenters. The fraction of sp³-hybridized carbons (Fsp3) is 0.250. The molecule has 0 fully saturated rings. The third-order valence-electron chi connectivity index (χ3n) is 2.77. The van der Waals surface area contributed by atoms with E-state index < -0.39 is 5.97 Å². The summed E-state index contributed by atoms with van der Waals surface area (Å²) in [6.45, 7) is 0.597. The minimum Gasteiger partial charge on any atom is -0.478 e. The highest BCUT2D eigenvalue weighted by atomic mass is 16.4. The topological polar surface area (TPSA) is 106 Å². The molecule has 0 bridgehead atoms. The summed E-state index contributed by atoms with van der Waals surface area (Å²) in [4.78, 5) is 10.9. The SMILES string of the molecule is Cn1cnnc1CCNc1cc(C(=O)O)ccc1N. The Morgan fingerprint density at radius 1 is 1.53 bits per heavy atom. The van der Waals surface area contributed by atoms with E-state index in [0.29, 0.717) is 24.3 Å². The van der Waals surface area contributed by atoms with Crippen LogP contribution in [0.2, 0.25) is 0 Å². The molecule has 0 amide bonds. The van der Waals surface area contributed by atoms with Crippen LogP contribution in [0.3, 0.4) is 0 Å². The Morgan fingerprint density at radius 2 is 2.32 bits per heavy atom. The van der Waals surface area contributed by atoms with Crippen molar-refractivity contribution >= 4 is 17.3 Å². The van der Waals surface area contributed by atoms with E-state index in [-0.39, 0.29) is 5.56 Å². The van der Waals surface area contributed by atoms with Gasteiger partial charge in [-0.2, -0.15) is 0 Å². The number of aromatic carboxylic acids is 1. The highest BCUT2D eigenvalue weighted by Gasteiger charge is 2.07. The molecule has 2 rings (SSSR count). The molecule has 0 saturated heterocycles. The van der Waals surface area contributed by atoms with Crippen LogP contribution in [0.5, 0.6) is 0 Å². The molecule has 1 aromatic carbocycles. The molecule has 0 saturated carbocycles. The molecular weight excluding hydrogens is 246 g/mol. The van der Waals surface area contributed by atoms with Crippen molar-refractivity contribution in [3.05, 3.63) is 35.9 Å². The van der Waals surface area contributed by atoms with E-state index in [1.54, 1.807) is 12.4 Å². The van der Waals surface area contributed by atoms with Crippen LogP contribution in [0.25, 0.3) is 0 Å². The summed E-state index contributed by atoms with van der Waals surface area (Å²) in [5.41, 5.74) is 7.12. The van der Waals surface area contributed by atoms with Gasteiger partial charge < -0.3 is 20.7 Å². The predicted octanol–water partition coefficient (Wildman–Crippen LogP) is 0.750. The van der Waals surface area contributed by atoms with Gasteiger partial charge in [0, 0.05) is 20.0 Å². The van der Waals surface area contributed by atoms with Crippen molar-refractivity contribution in [1.29, 1.82) is 0 Å². The van der Waals surface area contributed by atoms with Crippen LogP contribution in [-0.4, -0.2) is 32.4 Å². The van der Waals surface area contributed by atoms with Crippen molar-refractivity contribution in [3.8, 4) is 0 Å². The number of nitrogens with one attached hydrogen (secondary N) is 1. The predicted molar refractivity (Wildman–Crippen MR) is 71.0 cm³/mol. The Bertz CT molecular complexity index is 594.